The van der Waals surface area contributed by atoms with Crippen LogP contribution in [0.1, 0.15) is 22.7 Å². The van der Waals surface area contributed by atoms with E-state index < -0.39 is 0 Å². The maximum atomic E-state index is 6.23. The maximum absolute atomic E-state index is 6.23. The highest BCUT2D eigenvalue weighted by Gasteiger charge is 2.11. The van der Waals surface area contributed by atoms with Gasteiger partial charge in [0.05, 0.1) is 6.04 Å². The van der Waals surface area contributed by atoms with Gasteiger partial charge in [-0.25, -0.2) is 0 Å². The monoisotopic (exact) mass is 265 g/mol. The summed E-state index contributed by atoms with van der Waals surface area (Å²) in [5, 5.41) is 1.42. The van der Waals surface area contributed by atoms with Crippen molar-refractivity contribution in [3.63, 3.8) is 0 Å². The van der Waals surface area contributed by atoms with Crippen molar-refractivity contribution in [2.75, 3.05) is 0 Å². The zero-order valence-corrected chi connectivity index (χ0v) is 11.0. The van der Waals surface area contributed by atoms with Crippen molar-refractivity contribution in [3.8, 4) is 0 Å². The van der Waals surface area contributed by atoms with Crippen molar-refractivity contribution in [2.45, 2.75) is 13.0 Å². The second-order valence-electron chi connectivity index (χ2n) is 4.03. The fourth-order valence-electron chi connectivity index (χ4n) is 1.80. The molecule has 0 fully saturated rings. The Kier molecular flexibility index (Phi) is 3.72. The smallest absolute Gasteiger partial charge is 0.0554 e. The molecule has 0 aliphatic carbocycles. The normalized spacial score (nSPS) is 12.5. The molecule has 2 aromatic carbocycles. The first-order valence-electron chi connectivity index (χ1n) is 5.35. The Hall–Kier alpha value is -1.02. The largest absolute Gasteiger partial charge is 0.320 e. The minimum atomic E-state index is -0.175. The van der Waals surface area contributed by atoms with Crippen LogP contribution < -0.4 is 5.73 Å². The van der Waals surface area contributed by atoms with Gasteiger partial charge in [-0.1, -0.05) is 41.4 Å². The van der Waals surface area contributed by atoms with Crippen LogP contribution in [0.25, 0.3) is 0 Å². The van der Waals surface area contributed by atoms with Crippen LogP contribution >= 0.6 is 23.2 Å². The van der Waals surface area contributed by atoms with Gasteiger partial charge in [0.1, 0.15) is 0 Å². The number of rotatable bonds is 2. The molecule has 0 heterocycles. The third-order valence-electron chi connectivity index (χ3n) is 2.81. The number of aryl methyl sites for hydroxylation is 1. The number of hydrogen-bond donors (Lipinski definition) is 1. The summed E-state index contributed by atoms with van der Waals surface area (Å²) in [5.41, 5.74) is 9.44. The van der Waals surface area contributed by atoms with Crippen molar-refractivity contribution < 1.29 is 0 Å². The second-order valence-corrected chi connectivity index (χ2v) is 4.90. The van der Waals surface area contributed by atoms with E-state index in [9.17, 15) is 0 Å². The minimum Gasteiger partial charge on any atom is -0.320 e. The molecule has 0 radical (unpaired) electrons. The average molecular weight is 266 g/mol. The number of halogens is 2. The average Bonchev–Trinajstić information content (AvgIpc) is 2.32. The van der Waals surface area contributed by atoms with E-state index in [4.69, 9.17) is 28.9 Å². The first-order chi connectivity index (χ1) is 8.08. The van der Waals surface area contributed by atoms with Crippen LogP contribution in [0.4, 0.5) is 0 Å². The van der Waals surface area contributed by atoms with Crippen molar-refractivity contribution in [1.29, 1.82) is 0 Å². The zero-order chi connectivity index (χ0) is 12.4. The van der Waals surface area contributed by atoms with E-state index in [0.29, 0.717) is 10.0 Å². The molecule has 0 saturated carbocycles. The van der Waals surface area contributed by atoms with Crippen molar-refractivity contribution in [1.82, 2.24) is 0 Å². The maximum Gasteiger partial charge on any atom is 0.0554 e. The summed E-state index contributed by atoms with van der Waals surface area (Å²) < 4.78 is 0. The molecular formula is C14H13Cl2N. The molecule has 1 unspecified atom stereocenters. The molecule has 17 heavy (non-hydrogen) atoms. The molecule has 0 amide bonds. The van der Waals surface area contributed by atoms with E-state index in [1.165, 1.54) is 0 Å². The Morgan fingerprint density at radius 3 is 2.18 bits per heavy atom. The van der Waals surface area contributed by atoms with Crippen molar-refractivity contribution >= 4 is 23.2 Å². The molecule has 0 bridgehead atoms. The summed E-state index contributed by atoms with van der Waals surface area (Å²) in [4.78, 5) is 0. The summed E-state index contributed by atoms with van der Waals surface area (Å²) in [6.45, 7) is 2.03. The molecule has 0 aliphatic heterocycles. The molecule has 88 valence electrons. The van der Waals surface area contributed by atoms with Crippen LogP contribution in [0.15, 0.2) is 42.5 Å². The zero-order valence-electron chi connectivity index (χ0n) is 9.45. The van der Waals surface area contributed by atoms with E-state index in [0.717, 1.165) is 16.7 Å². The van der Waals surface area contributed by atoms with E-state index in [1.807, 2.05) is 49.4 Å². The third kappa shape index (κ3) is 2.81. The summed E-state index contributed by atoms with van der Waals surface area (Å²) in [6, 6.07) is 13.2. The van der Waals surface area contributed by atoms with Gasteiger partial charge in [-0.2, -0.15) is 0 Å². The van der Waals surface area contributed by atoms with E-state index in [2.05, 4.69) is 0 Å². The molecule has 0 aliphatic rings. The summed E-state index contributed by atoms with van der Waals surface area (Å²) in [6.07, 6.45) is 0. The van der Waals surface area contributed by atoms with Gasteiger partial charge in [-0.05, 0) is 47.9 Å². The highest BCUT2D eigenvalue weighted by Crippen LogP contribution is 2.26. The lowest BCUT2D eigenvalue weighted by atomic mass is 9.96. The van der Waals surface area contributed by atoms with Crippen LogP contribution in [-0.2, 0) is 0 Å². The van der Waals surface area contributed by atoms with Crippen molar-refractivity contribution in [2.24, 2.45) is 5.73 Å². The Balaban J connectivity index is 2.39. The van der Waals surface area contributed by atoms with Crippen LogP contribution in [0, 0.1) is 6.92 Å². The first-order valence-corrected chi connectivity index (χ1v) is 6.10. The predicted molar refractivity (Wildman–Crippen MR) is 73.7 cm³/mol. The minimum absolute atomic E-state index is 0.175. The van der Waals surface area contributed by atoms with Gasteiger partial charge in [0, 0.05) is 10.0 Å². The van der Waals surface area contributed by atoms with Crippen LogP contribution in [0.3, 0.4) is 0 Å². The molecule has 1 nitrogen and oxygen atoms in total. The third-order valence-corrected chi connectivity index (χ3v) is 3.29. The topological polar surface area (TPSA) is 26.0 Å². The van der Waals surface area contributed by atoms with Gasteiger partial charge < -0.3 is 5.73 Å². The van der Waals surface area contributed by atoms with Crippen LogP contribution in [0.5, 0.6) is 0 Å². The predicted octanol–water partition coefficient (Wildman–Crippen LogP) is 4.35. The quantitative estimate of drug-likeness (QED) is 0.859. The number of nitrogens with two attached hydrogens (primary N) is 1. The van der Waals surface area contributed by atoms with E-state index in [1.54, 1.807) is 0 Å². The Morgan fingerprint density at radius 1 is 0.941 bits per heavy atom. The second kappa shape index (κ2) is 5.09. The van der Waals surface area contributed by atoms with Gasteiger partial charge in [0.2, 0.25) is 0 Å². The van der Waals surface area contributed by atoms with Gasteiger partial charge >= 0.3 is 0 Å². The summed E-state index contributed by atoms with van der Waals surface area (Å²) in [5.74, 6) is 0. The fourth-order valence-corrected chi connectivity index (χ4v) is 2.10. The molecule has 3 heteroatoms. The van der Waals surface area contributed by atoms with E-state index >= 15 is 0 Å². The molecular weight excluding hydrogens is 253 g/mol. The van der Waals surface area contributed by atoms with Gasteiger partial charge in [-0.3, -0.25) is 0 Å². The molecule has 2 N–H and O–H groups in total. The highest BCUT2D eigenvalue weighted by atomic mass is 35.5. The molecule has 0 aromatic heterocycles. The molecule has 1 atom stereocenters. The Morgan fingerprint density at radius 2 is 1.53 bits per heavy atom. The lowest BCUT2D eigenvalue weighted by Gasteiger charge is -2.15. The summed E-state index contributed by atoms with van der Waals surface area (Å²) >= 11 is 11.9. The van der Waals surface area contributed by atoms with Gasteiger partial charge in [0.25, 0.3) is 0 Å². The number of hydrogen-bond acceptors (Lipinski definition) is 1. The Bertz CT molecular complexity index is 520. The fraction of sp³-hybridized carbons (Fsp3) is 0.143. The number of benzene rings is 2. The van der Waals surface area contributed by atoms with Crippen LogP contribution in [0.2, 0.25) is 10.0 Å². The molecule has 2 rings (SSSR count). The molecule has 2 aromatic rings. The standard InChI is InChI=1S/C14H13Cl2N/c1-9-2-5-12(16)8-13(9)14(17)10-3-6-11(15)7-4-10/h2-8,14H,17H2,1H3. The SMILES string of the molecule is Cc1ccc(Cl)cc1C(N)c1ccc(Cl)cc1. The molecule has 0 spiro atoms. The van der Waals surface area contributed by atoms with E-state index in [-0.39, 0.29) is 6.04 Å². The van der Waals surface area contributed by atoms with Crippen LogP contribution in [-0.4, -0.2) is 0 Å². The lowest BCUT2D eigenvalue weighted by Crippen LogP contribution is -2.13. The Labute approximate surface area is 111 Å². The highest BCUT2D eigenvalue weighted by molar-refractivity contribution is 6.30. The summed E-state index contributed by atoms with van der Waals surface area (Å²) in [7, 11) is 0. The molecule has 0 saturated heterocycles. The van der Waals surface area contributed by atoms with Gasteiger partial charge in [-0.15, -0.1) is 0 Å². The lowest BCUT2D eigenvalue weighted by molar-refractivity contribution is 0.862. The first kappa shape index (κ1) is 12.4. The van der Waals surface area contributed by atoms with Crippen molar-refractivity contribution in [3.05, 3.63) is 69.2 Å². The van der Waals surface area contributed by atoms with Gasteiger partial charge in [0.15, 0.2) is 0 Å².